The molecule has 0 spiro atoms. The Balaban J connectivity index is 1.51. The fourth-order valence-electron chi connectivity index (χ4n) is 3.51. The summed E-state index contributed by atoms with van der Waals surface area (Å²) in [6.07, 6.45) is 0.783. The van der Waals surface area contributed by atoms with Crippen LogP contribution in [0.4, 0.5) is 0 Å². The first-order chi connectivity index (χ1) is 13.6. The summed E-state index contributed by atoms with van der Waals surface area (Å²) >= 11 is 6.22. The third-order valence-corrected chi connectivity index (χ3v) is 5.49. The van der Waals surface area contributed by atoms with Crippen LogP contribution in [0.2, 0.25) is 5.02 Å². The number of hydrogen-bond donors (Lipinski definition) is 0. The Morgan fingerprint density at radius 1 is 1.00 bits per heavy atom. The SMILES string of the molecule is Cc1ccc(CN2CCc3c(OCc4ccccc4Cl)cccc3C2=O)cc1. The van der Waals surface area contributed by atoms with E-state index in [0.29, 0.717) is 24.7 Å². The van der Waals surface area contributed by atoms with Crippen molar-refractivity contribution in [2.75, 3.05) is 6.54 Å². The number of rotatable bonds is 5. The average Bonchev–Trinajstić information content (AvgIpc) is 2.71. The first-order valence-electron chi connectivity index (χ1n) is 9.45. The summed E-state index contributed by atoms with van der Waals surface area (Å²) in [5, 5.41) is 0.688. The lowest BCUT2D eigenvalue weighted by atomic mass is 9.97. The molecule has 0 bridgehead atoms. The van der Waals surface area contributed by atoms with Crippen molar-refractivity contribution < 1.29 is 9.53 Å². The number of ether oxygens (including phenoxy) is 1. The maximum absolute atomic E-state index is 13.0. The molecule has 0 saturated heterocycles. The van der Waals surface area contributed by atoms with Crippen molar-refractivity contribution in [3.63, 3.8) is 0 Å². The number of fused-ring (bicyclic) bond motifs is 1. The van der Waals surface area contributed by atoms with E-state index in [1.165, 1.54) is 5.56 Å². The Kier molecular flexibility index (Phi) is 5.36. The second-order valence-electron chi connectivity index (χ2n) is 7.12. The van der Waals surface area contributed by atoms with Crippen molar-refractivity contribution in [2.45, 2.75) is 26.5 Å². The lowest BCUT2D eigenvalue weighted by molar-refractivity contribution is 0.0725. The Hall–Kier alpha value is -2.78. The predicted octanol–water partition coefficient (Wildman–Crippen LogP) is 5.43. The summed E-state index contributed by atoms with van der Waals surface area (Å²) in [6, 6.07) is 21.7. The zero-order chi connectivity index (χ0) is 19.5. The van der Waals surface area contributed by atoms with Crippen molar-refractivity contribution in [1.29, 1.82) is 0 Å². The molecule has 3 aromatic carbocycles. The van der Waals surface area contributed by atoms with Gasteiger partial charge in [-0.25, -0.2) is 0 Å². The van der Waals surface area contributed by atoms with E-state index in [1.807, 2.05) is 47.4 Å². The smallest absolute Gasteiger partial charge is 0.254 e. The summed E-state index contributed by atoms with van der Waals surface area (Å²) in [4.78, 5) is 14.9. The van der Waals surface area contributed by atoms with Crippen molar-refractivity contribution >= 4 is 17.5 Å². The van der Waals surface area contributed by atoms with Gasteiger partial charge in [-0.15, -0.1) is 0 Å². The maximum atomic E-state index is 13.0. The number of carbonyl (C=O) groups excluding carboxylic acids is 1. The third-order valence-electron chi connectivity index (χ3n) is 5.12. The minimum Gasteiger partial charge on any atom is -0.489 e. The maximum Gasteiger partial charge on any atom is 0.254 e. The van der Waals surface area contributed by atoms with Gasteiger partial charge in [0.1, 0.15) is 12.4 Å². The molecular weight excluding hydrogens is 370 g/mol. The number of nitrogens with zero attached hydrogens (tertiary/aromatic N) is 1. The first kappa shape index (κ1) is 18.6. The second kappa shape index (κ2) is 8.07. The van der Waals surface area contributed by atoms with Gasteiger partial charge in [0.15, 0.2) is 0 Å². The van der Waals surface area contributed by atoms with E-state index in [9.17, 15) is 4.79 Å². The highest BCUT2D eigenvalue weighted by Crippen LogP contribution is 2.30. The zero-order valence-electron chi connectivity index (χ0n) is 15.8. The zero-order valence-corrected chi connectivity index (χ0v) is 16.6. The number of amides is 1. The van der Waals surface area contributed by atoms with Crippen LogP contribution in [-0.2, 0) is 19.6 Å². The van der Waals surface area contributed by atoms with E-state index in [0.717, 1.165) is 34.4 Å². The molecule has 3 aromatic rings. The molecule has 1 aliphatic heterocycles. The molecule has 0 saturated carbocycles. The van der Waals surface area contributed by atoms with Gasteiger partial charge in [-0.3, -0.25) is 4.79 Å². The fourth-order valence-corrected chi connectivity index (χ4v) is 3.70. The minimum atomic E-state index is 0.0602. The van der Waals surface area contributed by atoms with Crippen molar-refractivity contribution in [2.24, 2.45) is 0 Å². The van der Waals surface area contributed by atoms with Gasteiger partial charge in [0, 0.05) is 34.8 Å². The van der Waals surface area contributed by atoms with Crippen LogP contribution >= 0.6 is 11.6 Å². The van der Waals surface area contributed by atoms with E-state index in [1.54, 1.807) is 0 Å². The Morgan fingerprint density at radius 3 is 2.57 bits per heavy atom. The summed E-state index contributed by atoms with van der Waals surface area (Å²) < 4.78 is 6.03. The summed E-state index contributed by atoms with van der Waals surface area (Å²) in [5.41, 5.74) is 5.02. The Bertz CT molecular complexity index is 998. The van der Waals surface area contributed by atoms with Crippen molar-refractivity contribution in [3.05, 3.63) is 99.6 Å². The van der Waals surface area contributed by atoms with E-state index < -0.39 is 0 Å². The van der Waals surface area contributed by atoms with Gasteiger partial charge in [0.25, 0.3) is 5.91 Å². The molecule has 0 radical (unpaired) electrons. The Labute approximate surface area is 170 Å². The molecule has 1 heterocycles. The van der Waals surface area contributed by atoms with Crippen LogP contribution in [0.1, 0.15) is 32.6 Å². The van der Waals surface area contributed by atoms with Gasteiger partial charge in [-0.05, 0) is 37.1 Å². The molecule has 0 fully saturated rings. The van der Waals surface area contributed by atoms with Gasteiger partial charge < -0.3 is 9.64 Å². The predicted molar refractivity (Wildman–Crippen MR) is 112 cm³/mol. The summed E-state index contributed by atoms with van der Waals surface area (Å²) in [7, 11) is 0. The van der Waals surface area contributed by atoms with Crippen LogP contribution in [-0.4, -0.2) is 17.4 Å². The third kappa shape index (κ3) is 3.90. The first-order valence-corrected chi connectivity index (χ1v) is 9.82. The molecule has 0 aromatic heterocycles. The molecule has 1 amide bonds. The van der Waals surface area contributed by atoms with Crippen molar-refractivity contribution in [1.82, 2.24) is 4.90 Å². The molecule has 3 nitrogen and oxygen atoms in total. The van der Waals surface area contributed by atoms with Gasteiger partial charge in [-0.1, -0.05) is 65.7 Å². The highest BCUT2D eigenvalue weighted by molar-refractivity contribution is 6.31. The fraction of sp³-hybridized carbons (Fsp3) is 0.208. The highest BCUT2D eigenvalue weighted by Gasteiger charge is 2.26. The van der Waals surface area contributed by atoms with Crippen LogP contribution < -0.4 is 4.74 Å². The minimum absolute atomic E-state index is 0.0602. The van der Waals surface area contributed by atoms with E-state index >= 15 is 0 Å². The topological polar surface area (TPSA) is 29.5 Å². The molecule has 0 unspecified atom stereocenters. The summed E-state index contributed by atoms with van der Waals surface area (Å²) in [6.45, 7) is 3.77. The number of carbonyl (C=O) groups is 1. The normalized spacial score (nSPS) is 13.4. The van der Waals surface area contributed by atoms with Crippen LogP contribution in [0.15, 0.2) is 66.7 Å². The molecule has 0 N–H and O–H groups in total. The van der Waals surface area contributed by atoms with Crippen LogP contribution in [0, 0.1) is 6.92 Å². The van der Waals surface area contributed by atoms with E-state index in [2.05, 4.69) is 31.2 Å². The molecular formula is C24H22ClNO2. The Morgan fingerprint density at radius 2 is 1.79 bits per heavy atom. The standard InChI is InChI=1S/C24H22ClNO2/c1-17-9-11-18(12-10-17)15-26-14-13-20-21(24(26)27)6-4-8-23(20)28-16-19-5-2-3-7-22(19)25/h2-12H,13-16H2,1H3. The number of benzene rings is 3. The van der Waals surface area contributed by atoms with Crippen LogP contribution in [0.3, 0.4) is 0 Å². The summed E-state index contributed by atoms with van der Waals surface area (Å²) in [5.74, 6) is 0.825. The van der Waals surface area contributed by atoms with Crippen LogP contribution in [0.5, 0.6) is 5.75 Å². The van der Waals surface area contributed by atoms with E-state index in [4.69, 9.17) is 16.3 Å². The quantitative estimate of drug-likeness (QED) is 0.580. The van der Waals surface area contributed by atoms with Gasteiger partial charge in [0.05, 0.1) is 0 Å². The number of aryl methyl sites for hydroxylation is 1. The lowest BCUT2D eigenvalue weighted by Gasteiger charge is -2.29. The monoisotopic (exact) mass is 391 g/mol. The largest absolute Gasteiger partial charge is 0.489 e. The van der Waals surface area contributed by atoms with Crippen LogP contribution in [0.25, 0.3) is 0 Å². The lowest BCUT2D eigenvalue weighted by Crippen LogP contribution is -2.37. The van der Waals surface area contributed by atoms with Gasteiger partial charge in [0.2, 0.25) is 0 Å². The molecule has 0 atom stereocenters. The second-order valence-corrected chi connectivity index (χ2v) is 7.53. The molecule has 142 valence electrons. The molecule has 0 aliphatic carbocycles. The molecule has 4 heteroatoms. The van der Waals surface area contributed by atoms with E-state index in [-0.39, 0.29) is 5.91 Å². The van der Waals surface area contributed by atoms with Gasteiger partial charge in [-0.2, -0.15) is 0 Å². The highest BCUT2D eigenvalue weighted by atomic mass is 35.5. The number of hydrogen-bond acceptors (Lipinski definition) is 2. The number of halogens is 1. The molecule has 4 rings (SSSR count). The average molecular weight is 392 g/mol. The van der Waals surface area contributed by atoms with Gasteiger partial charge >= 0.3 is 0 Å². The molecule has 1 aliphatic rings. The molecule has 28 heavy (non-hydrogen) atoms. The van der Waals surface area contributed by atoms with Crippen molar-refractivity contribution in [3.8, 4) is 5.75 Å².